The second-order valence-electron chi connectivity index (χ2n) is 9.48. The second-order valence-corrected chi connectivity index (χ2v) is 9.48. The summed E-state index contributed by atoms with van der Waals surface area (Å²) in [6.07, 6.45) is 3.48. The maximum absolute atomic E-state index is 13.2. The van der Waals surface area contributed by atoms with E-state index in [1.54, 1.807) is 13.3 Å². The fraction of sp³-hybridized carbons (Fsp3) is 0.233. The number of benzene rings is 3. The van der Waals surface area contributed by atoms with Gasteiger partial charge >= 0.3 is 6.09 Å². The number of hydrogen-bond donors (Lipinski definition) is 2. The molecule has 0 spiro atoms. The summed E-state index contributed by atoms with van der Waals surface area (Å²) >= 11 is 0. The van der Waals surface area contributed by atoms with E-state index in [-0.39, 0.29) is 12.3 Å². The van der Waals surface area contributed by atoms with Crippen LogP contribution in [0, 0.1) is 0 Å². The number of fused-ring (bicyclic) bond motifs is 1. The molecule has 0 radical (unpaired) electrons. The number of pyridine rings is 1. The Labute approximate surface area is 215 Å². The molecule has 7 heteroatoms. The average Bonchev–Trinajstić information content (AvgIpc) is 3.37. The van der Waals surface area contributed by atoms with Gasteiger partial charge in [0.1, 0.15) is 5.75 Å². The number of hydrogen-bond acceptors (Lipinski definition) is 4. The highest BCUT2D eigenvalue weighted by molar-refractivity contribution is 5.98. The topological polar surface area (TPSA) is 91.8 Å². The van der Waals surface area contributed by atoms with Crippen molar-refractivity contribution in [3.8, 4) is 16.9 Å². The Balaban J connectivity index is 1.37. The zero-order valence-electron chi connectivity index (χ0n) is 20.7. The summed E-state index contributed by atoms with van der Waals surface area (Å²) in [5.74, 6) is 0.682. The predicted molar refractivity (Wildman–Crippen MR) is 143 cm³/mol. The van der Waals surface area contributed by atoms with Crippen LogP contribution in [-0.4, -0.2) is 47.2 Å². The summed E-state index contributed by atoms with van der Waals surface area (Å²) < 4.78 is 5.40. The van der Waals surface area contributed by atoms with Gasteiger partial charge in [0.2, 0.25) is 5.91 Å². The van der Waals surface area contributed by atoms with Gasteiger partial charge in [-0.2, -0.15) is 0 Å². The van der Waals surface area contributed by atoms with Crippen molar-refractivity contribution in [1.82, 2.24) is 15.2 Å². The summed E-state index contributed by atoms with van der Waals surface area (Å²) in [5.41, 5.74) is 3.53. The largest absolute Gasteiger partial charge is 0.497 e. The maximum Gasteiger partial charge on any atom is 0.407 e. The van der Waals surface area contributed by atoms with Crippen LogP contribution in [0.15, 0.2) is 85.2 Å². The van der Waals surface area contributed by atoms with Gasteiger partial charge < -0.3 is 20.1 Å². The molecule has 1 saturated heterocycles. The van der Waals surface area contributed by atoms with Gasteiger partial charge in [-0.3, -0.25) is 9.78 Å². The zero-order chi connectivity index (χ0) is 25.8. The first-order valence-electron chi connectivity index (χ1n) is 12.3. The highest BCUT2D eigenvalue weighted by atomic mass is 16.5. The van der Waals surface area contributed by atoms with Crippen molar-refractivity contribution < 1.29 is 19.4 Å². The van der Waals surface area contributed by atoms with E-state index in [1.165, 1.54) is 4.90 Å². The number of rotatable bonds is 7. The molecule has 188 valence electrons. The molecule has 0 saturated carbocycles. The fourth-order valence-corrected chi connectivity index (χ4v) is 5.32. The summed E-state index contributed by atoms with van der Waals surface area (Å²) in [7, 11) is 1.65. The molecule has 1 unspecified atom stereocenters. The van der Waals surface area contributed by atoms with Gasteiger partial charge in [0.15, 0.2) is 0 Å². The molecule has 3 aromatic carbocycles. The number of ether oxygens (including phenoxy) is 1. The smallest absolute Gasteiger partial charge is 0.407 e. The second kappa shape index (κ2) is 10.3. The lowest BCUT2D eigenvalue weighted by atomic mass is 9.76. The molecule has 2 N–H and O–H groups in total. The van der Waals surface area contributed by atoms with E-state index in [1.807, 2.05) is 72.9 Å². The highest BCUT2D eigenvalue weighted by Gasteiger charge is 2.42. The molecule has 37 heavy (non-hydrogen) atoms. The van der Waals surface area contributed by atoms with Crippen LogP contribution in [0.4, 0.5) is 4.79 Å². The molecule has 1 fully saturated rings. The van der Waals surface area contributed by atoms with Gasteiger partial charge in [0, 0.05) is 49.2 Å². The summed E-state index contributed by atoms with van der Waals surface area (Å²) in [6.45, 7) is 1.08. The van der Waals surface area contributed by atoms with E-state index in [0.717, 1.165) is 38.8 Å². The van der Waals surface area contributed by atoms with Crippen molar-refractivity contribution in [1.29, 1.82) is 0 Å². The quantitative estimate of drug-likeness (QED) is 0.366. The molecule has 1 aliphatic heterocycles. The first-order chi connectivity index (χ1) is 18.0. The van der Waals surface area contributed by atoms with E-state index in [9.17, 15) is 14.7 Å². The minimum atomic E-state index is -0.951. The lowest BCUT2D eigenvalue weighted by molar-refractivity contribution is -0.122. The summed E-state index contributed by atoms with van der Waals surface area (Å²) in [5, 5.41) is 14.6. The van der Waals surface area contributed by atoms with Crippen molar-refractivity contribution in [2.24, 2.45) is 0 Å². The van der Waals surface area contributed by atoms with E-state index in [0.29, 0.717) is 26.1 Å². The third kappa shape index (κ3) is 4.98. The maximum atomic E-state index is 13.2. The minimum Gasteiger partial charge on any atom is -0.497 e. The highest BCUT2D eigenvalue weighted by Crippen LogP contribution is 2.38. The summed E-state index contributed by atoms with van der Waals surface area (Å²) in [6, 6.07) is 23.7. The Morgan fingerprint density at radius 1 is 1.05 bits per heavy atom. The zero-order valence-corrected chi connectivity index (χ0v) is 20.7. The molecule has 4 aromatic rings. The lowest BCUT2D eigenvalue weighted by Crippen LogP contribution is -2.38. The lowest BCUT2D eigenvalue weighted by Gasteiger charge is -2.29. The van der Waals surface area contributed by atoms with Gasteiger partial charge in [0.05, 0.1) is 7.11 Å². The number of nitrogens with one attached hydrogen (secondary N) is 1. The molecule has 2 amide bonds. The molecule has 7 nitrogen and oxygen atoms in total. The minimum absolute atomic E-state index is 0.106. The Morgan fingerprint density at radius 2 is 1.89 bits per heavy atom. The standard InChI is InChI=1S/C30H29N3O4/c1-37-24-9-5-6-21(16-24)25-11-10-22(27-19-31-14-12-26(25)27)18-32-28(34)17-30(23-7-3-2-4-8-23)13-15-33(20-30)29(35)36/h2-12,14,16,19H,13,15,17-18,20H2,1H3,(H,32,34)(H,35,36). The van der Waals surface area contributed by atoms with Crippen LogP contribution in [0.1, 0.15) is 24.0 Å². The Hall–Kier alpha value is -4.39. The number of methoxy groups -OCH3 is 1. The van der Waals surface area contributed by atoms with Gasteiger partial charge in [-0.25, -0.2) is 4.79 Å². The predicted octanol–water partition coefficient (Wildman–Crippen LogP) is 5.24. The van der Waals surface area contributed by atoms with Crippen molar-refractivity contribution in [2.45, 2.75) is 24.8 Å². The van der Waals surface area contributed by atoms with Gasteiger partial charge in [-0.15, -0.1) is 0 Å². The Bertz CT molecular complexity index is 1440. The van der Waals surface area contributed by atoms with Crippen LogP contribution in [-0.2, 0) is 16.8 Å². The fourth-order valence-electron chi connectivity index (χ4n) is 5.32. The number of nitrogens with zero attached hydrogens (tertiary/aromatic N) is 2. The van der Waals surface area contributed by atoms with Gasteiger partial charge in [-0.05, 0) is 52.3 Å². The van der Waals surface area contributed by atoms with Crippen LogP contribution in [0.2, 0.25) is 0 Å². The molecular weight excluding hydrogens is 466 g/mol. The van der Waals surface area contributed by atoms with Crippen LogP contribution < -0.4 is 10.1 Å². The average molecular weight is 496 g/mol. The summed E-state index contributed by atoms with van der Waals surface area (Å²) in [4.78, 5) is 30.6. The van der Waals surface area contributed by atoms with Crippen LogP contribution in [0.5, 0.6) is 5.75 Å². The van der Waals surface area contributed by atoms with Crippen molar-refractivity contribution in [3.05, 3.63) is 96.3 Å². The van der Waals surface area contributed by atoms with E-state index in [2.05, 4.69) is 16.4 Å². The third-order valence-corrected chi connectivity index (χ3v) is 7.27. The molecule has 1 aliphatic rings. The Morgan fingerprint density at radius 3 is 2.65 bits per heavy atom. The molecule has 1 atom stereocenters. The van der Waals surface area contributed by atoms with Gasteiger partial charge in [-0.1, -0.05) is 54.6 Å². The van der Waals surface area contributed by atoms with Crippen molar-refractivity contribution >= 4 is 22.8 Å². The number of amides is 2. The number of carbonyl (C=O) groups excluding carboxylic acids is 1. The number of aromatic nitrogens is 1. The number of likely N-dealkylation sites (tertiary alicyclic amines) is 1. The monoisotopic (exact) mass is 495 g/mol. The molecular formula is C30H29N3O4. The normalized spacial score (nSPS) is 17.1. The van der Waals surface area contributed by atoms with Crippen molar-refractivity contribution in [3.63, 3.8) is 0 Å². The van der Waals surface area contributed by atoms with E-state index in [4.69, 9.17) is 4.74 Å². The Kier molecular flexibility index (Phi) is 6.77. The van der Waals surface area contributed by atoms with Crippen molar-refractivity contribution in [2.75, 3.05) is 20.2 Å². The SMILES string of the molecule is COc1cccc(-c2ccc(CNC(=O)CC3(c4ccccc4)CCN(C(=O)O)C3)c3cnccc23)c1. The molecule has 2 heterocycles. The van der Waals surface area contributed by atoms with E-state index < -0.39 is 11.5 Å². The van der Waals surface area contributed by atoms with Crippen LogP contribution >= 0.6 is 0 Å². The van der Waals surface area contributed by atoms with E-state index >= 15 is 0 Å². The van der Waals surface area contributed by atoms with Crippen LogP contribution in [0.3, 0.4) is 0 Å². The first kappa shape index (κ1) is 24.3. The molecule has 0 bridgehead atoms. The first-order valence-corrected chi connectivity index (χ1v) is 12.3. The molecule has 0 aliphatic carbocycles. The molecule has 1 aromatic heterocycles. The number of carboxylic acid groups (broad SMARTS) is 1. The van der Waals surface area contributed by atoms with Gasteiger partial charge in [0.25, 0.3) is 0 Å². The molecule has 5 rings (SSSR count). The van der Waals surface area contributed by atoms with Crippen LogP contribution in [0.25, 0.3) is 21.9 Å². The third-order valence-electron chi connectivity index (χ3n) is 7.27. The number of carbonyl (C=O) groups is 2.